The molecule has 0 aliphatic heterocycles. The second kappa shape index (κ2) is 13.9. The van der Waals surface area contributed by atoms with E-state index < -0.39 is 0 Å². The Morgan fingerprint density at radius 3 is 2.41 bits per heavy atom. The number of aliphatic hydroxyl groups excluding tert-OH is 1. The highest BCUT2D eigenvalue weighted by Gasteiger charge is 2.02. The summed E-state index contributed by atoms with van der Waals surface area (Å²) in [5.74, 6) is 0. The lowest BCUT2D eigenvalue weighted by Gasteiger charge is -2.12. The van der Waals surface area contributed by atoms with Gasteiger partial charge in [0.05, 0.1) is 12.7 Å². The van der Waals surface area contributed by atoms with Crippen molar-refractivity contribution in [2.45, 2.75) is 64.9 Å². The third kappa shape index (κ3) is 13.8. The predicted molar refractivity (Wildman–Crippen MR) is 73.4 cm³/mol. The highest BCUT2D eigenvalue weighted by atomic mass is 16.5. The summed E-state index contributed by atoms with van der Waals surface area (Å²) < 4.78 is 5.43. The zero-order valence-electron chi connectivity index (χ0n) is 11.7. The van der Waals surface area contributed by atoms with Crippen molar-refractivity contribution >= 4 is 0 Å². The van der Waals surface area contributed by atoms with Crippen LogP contribution in [0.15, 0.2) is 0 Å². The minimum atomic E-state index is -0.359. The summed E-state index contributed by atoms with van der Waals surface area (Å²) in [5.41, 5.74) is 0. The molecule has 1 atom stereocenters. The van der Waals surface area contributed by atoms with Gasteiger partial charge in [0.2, 0.25) is 0 Å². The molecule has 0 bridgehead atoms. The Morgan fingerprint density at radius 2 is 1.71 bits per heavy atom. The van der Waals surface area contributed by atoms with E-state index in [4.69, 9.17) is 4.74 Å². The highest BCUT2D eigenvalue weighted by Crippen LogP contribution is 1.99. The zero-order valence-corrected chi connectivity index (χ0v) is 11.7. The van der Waals surface area contributed by atoms with E-state index in [0.29, 0.717) is 13.2 Å². The van der Waals surface area contributed by atoms with Crippen LogP contribution in [0.1, 0.15) is 58.8 Å². The molecule has 0 aliphatic rings. The quantitative estimate of drug-likeness (QED) is 0.490. The van der Waals surface area contributed by atoms with Crippen LogP contribution in [0.25, 0.3) is 0 Å². The van der Waals surface area contributed by atoms with Gasteiger partial charge in [-0.15, -0.1) is 0 Å². The van der Waals surface area contributed by atoms with Gasteiger partial charge in [-0.1, -0.05) is 46.0 Å². The van der Waals surface area contributed by atoms with Gasteiger partial charge in [-0.2, -0.15) is 0 Å². The van der Waals surface area contributed by atoms with Crippen LogP contribution in [0.5, 0.6) is 0 Å². The van der Waals surface area contributed by atoms with Gasteiger partial charge in [0, 0.05) is 13.2 Å². The molecular weight excluding hydrogens is 214 g/mol. The number of aliphatic hydroxyl groups is 1. The molecule has 0 saturated carbocycles. The highest BCUT2D eigenvalue weighted by molar-refractivity contribution is 4.58. The molecule has 0 rings (SSSR count). The molecule has 3 nitrogen and oxygen atoms in total. The van der Waals surface area contributed by atoms with Crippen molar-refractivity contribution in [1.82, 2.24) is 5.32 Å². The minimum Gasteiger partial charge on any atom is -0.389 e. The summed E-state index contributed by atoms with van der Waals surface area (Å²) in [4.78, 5) is 0. The van der Waals surface area contributed by atoms with Crippen LogP contribution in [0, 0.1) is 0 Å². The molecule has 0 aromatic carbocycles. The first-order valence-corrected chi connectivity index (χ1v) is 7.27. The van der Waals surface area contributed by atoms with Gasteiger partial charge in [-0.25, -0.2) is 0 Å². The molecule has 0 saturated heterocycles. The molecule has 0 aromatic heterocycles. The number of hydrogen-bond acceptors (Lipinski definition) is 3. The topological polar surface area (TPSA) is 41.5 Å². The largest absolute Gasteiger partial charge is 0.389 e. The monoisotopic (exact) mass is 245 g/mol. The van der Waals surface area contributed by atoms with Gasteiger partial charge in [0.15, 0.2) is 0 Å². The number of rotatable bonds is 13. The Hall–Kier alpha value is -0.120. The Kier molecular flexibility index (Phi) is 13.8. The third-order valence-corrected chi connectivity index (χ3v) is 2.79. The SMILES string of the molecule is CCCCCCOCC(O)CNCCCCC. The van der Waals surface area contributed by atoms with Crippen molar-refractivity contribution in [2.24, 2.45) is 0 Å². The summed E-state index contributed by atoms with van der Waals surface area (Å²) in [6.07, 6.45) is 8.23. The van der Waals surface area contributed by atoms with Crippen LogP contribution in [0.2, 0.25) is 0 Å². The van der Waals surface area contributed by atoms with Gasteiger partial charge in [-0.05, 0) is 19.4 Å². The molecule has 17 heavy (non-hydrogen) atoms. The molecule has 0 spiro atoms. The van der Waals surface area contributed by atoms with Crippen LogP contribution >= 0.6 is 0 Å². The summed E-state index contributed by atoms with van der Waals surface area (Å²) in [5, 5.41) is 12.9. The van der Waals surface area contributed by atoms with Crippen LogP contribution in [0.3, 0.4) is 0 Å². The van der Waals surface area contributed by atoms with Crippen molar-refractivity contribution in [3.05, 3.63) is 0 Å². The van der Waals surface area contributed by atoms with Gasteiger partial charge in [-0.3, -0.25) is 0 Å². The maximum atomic E-state index is 9.62. The van der Waals surface area contributed by atoms with Crippen molar-refractivity contribution < 1.29 is 9.84 Å². The lowest BCUT2D eigenvalue weighted by Crippen LogP contribution is -2.31. The van der Waals surface area contributed by atoms with E-state index in [1.165, 1.54) is 38.5 Å². The van der Waals surface area contributed by atoms with E-state index in [-0.39, 0.29) is 6.10 Å². The molecule has 2 N–H and O–H groups in total. The summed E-state index contributed by atoms with van der Waals surface area (Å²) >= 11 is 0. The van der Waals surface area contributed by atoms with Crippen LogP contribution in [-0.4, -0.2) is 37.5 Å². The number of nitrogens with one attached hydrogen (secondary N) is 1. The Balaban J connectivity index is 3.09. The summed E-state index contributed by atoms with van der Waals surface area (Å²) in [6, 6.07) is 0. The molecular formula is C14H31NO2. The van der Waals surface area contributed by atoms with E-state index >= 15 is 0 Å². The molecule has 0 heterocycles. The fraction of sp³-hybridized carbons (Fsp3) is 1.00. The van der Waals surface area contributed by atoms with Crippen LogP contribution in [-0.2, 0) is 4.74 Å². The number of unbranched alkanes of at least 4 members (excludes halogenated alkanes) is 5. The fourth-order valence-electron chi connectivity index (χ4n) is 1.68. The average Bonchev–Trinajstić information content (AvgIpc) is 2.33. The standard InChI is InChI=1S/C14H31NO2/c1-3-5-7-9-11-17-13-14(16)12-15-10-8-6-4-2/h14-16H,3-13H2,1-2H3. The van der Waals surface area contributed by atoms with E-state index in [1.807, 2.05) is 0 Å². The normalized spacial score (nSPS) is 12.9. The van der Waals surface area contributed by atoms with Gasteiger partial charge < -0.3 is 15.2 Å². The molecule has 104 valence electrons. The molecule has 0 fully saturated rings. The van der Waals surface area contributed by atoms with Crippen molar-refractivity contribution in [3.63, 3.8) is 0 Å². The number of hydrogen-bond donors (Lipinski definition) is 2. The lowest BCUT2D eigenvalue weighted by atomic mass is 10.2. The van der Waals surface area contributed by atoms with E-state index in [0.717, 1.165) is 19.6 Å². The van der Waals surface area contributed by atoms with E-state index in [1.54, 1.807) is 0 Å². The second-order valence-electron chi connectivity index (χ2n) is 4.70. The van der Waals surface area contributed by atoms with Gasteiger partial charge >= 0.3 is 0 Å². The molecule has 0 aliphatic carbocycles. The van der Waals surface area contributed by atoms with Crippen molar-refractivity contribution in [1.29, 1.82) is 0 Å². The first kappa shape index (κ1) is 16.9. The Morgan fingerprint density at radius 1 is 1.00 bits per heavy atom. The first-order chi connectivity index (χ1) is 8.31. The molecule has 0 aromatic rings. The van der Waals surface area contributed by atoms with E-state index in [2.05, 4.69) is 19.2 Å². The first-order valence-electron chi connectivity index (χ1n) is 7.27. The van der Waals surface area contributed by atoms with E-state index in [9.17, 15) is 5.11 Å². The predicted octanol–water partition coefficient (Wildman–Crippen LogP) is 2.72. The van der Waals surface area contributed by atoms with Crippen LogP contribution in [0.4, 0.5) is 0 Å². The van der Waals surface area contributed by atoms with Gasteiger partial charge in [0.1, 0.15) is 0 Å². The maximum absolute atomic E-state index is 9.62. The molecule has 1 unspecified atom stereocenters. The zero-order chi connectivity index (χ0) is 12.8. The Bertz CT molecular complexity index is 142. The molecule has 0 radical (unpaired) electrons. The van der Waals surface area contributed by atoms with Crippen LogP contribution < -0.4 is 5.32 Å². The minimum absolute atomic E-state index is 0.359. The van der Waals surface area contributed by atoms with Crippen molar-refractivity contribution in [2.75, 3.05) is 26.3 Å². The fourth-order valence-corrected chi connectivity index (χ4v) is 1.68. The van der Waals surface area contributed by atoms with Gasteiger partial charge in [0.25, 0.3) is 0 Å². The molecule has 3 heteroatoms. The Labute approximate surface area is 107 Å². The summed E-state index contributed by atoms with van der Waals surface area (Å²) in [7, 11) is 0. The number of ether oxygens (including phenoxy) is 1. The lowest BCUT2D eigenvalue weighted by molar-refractivity contribution is 0.0355. The average molecular weight is 245 g/mol. The third-order valence-electron chi connectivity index (χ3n) is 2.79. The maximum Gasteiger partial charge on any atom is 0.0897 e. The summed E-state index contributed by atoms with van der Waals surface area (Å²) in [6.45, 7) is 7.30. The second-order valence-corrected chi connectivity index (χ2v) is 4.70. The smallest absolute Gasteiger partial charge is 0.0897 e. The molecule has 0 amide bonds. The van der Waals surface area contributed by atoms with Crippen molar-refractivity contribution in [3.8, 4) is 0 Å².